The van der Waals surface area contributed by atoms with Crippen LogP contribution in [0.15, 0.2) is 65.6 Å². The molecule has 0 radical (unpaired) electrons. The summed E-state index contributed by atoms with van der Waals surface area (Å²) in [4.78, 5) is 30.1. The lowest BCUT2D eigenvalue weighted by atomic mass is 10.1. The number of aryl methyl sites for hydroxylation is 1. The van der Waals surface area contributed by atoms with E-state index in [2.05, 4.69) is 11.5 Å². The van der Waals surface area contributed by atoms with Gasteiger partial charge in [0.2, 0.25) is 5.78 Å². The highest BCUT2D eigenvalue weighted by Crippen LogP contribution is 2.26. The lowest BCUT2D eigenvalue weighted by Gasteiger charge is -2.11. The van der Waals surface area contributed by atoms with Gasteiger partial charge in [0.25, 0.3) is 5.56 Å². The van der Waals surface area contributed by atoms with Gasteiger partial charge in [-0.25, -0.2) is 9.78 Å². The zero-order valence-corrected chi connectivity index (χ0v) is 21.6. The van der Waals surface area contributed by atoms with Gasteiger partial charge < -0.3 is 9.30 Å². The molecule has 0 aliphatic heterocycles. The molecule has 36 heavy (non-hydrogen) atoms. The van der Waals surface area contributed by atoms with Crippen molar-refractivity contribution in [1.82, 2.24) is 14.0 Å². The Balaban J connectivity index is 1.73. The van der Waals surface area contributed by atoms with Crippen molar-refractivity contribution >= 4 is 23.3 Å². The second-order valence-corrected chi connectivity index (χ2v) is 9.32. The number of esters is 1. The van der Waals surface area contributed by atoms with Gasteiger partial charge in [0.15, 0.2) is 0 Å². The molecule has 4 rings (SSSR count). The second-order valence-electron chi connectivity index (χ2n) is 8.89. The van der Waals surface area contributed by atoms with Gasteiger partial charge in [-0.2, -0.15) is 0 Å². The zero-order valence-electron chi connectivity index (χ0n) is 20.9. The normalized spacial score (nSPS) is 11.2. The maximum absolute atomic E-state index is 13.1. The first-order valence-electron chi connectivity index (χ1n) is 12.7. The van der Waals surface area contributed by atoms with Crippen LogP contribution >= 0.6 is 11.6 Å². The molecule has 0 unspecified atom stereocenters. The smallest absolute Gasteiger partial charge is 0.338 e. The zero-order chi connectivity index (χ0) is 25.5. The van der Waals surface area contributed by atoms with Crippen molar-refractivity contribution in [2.45, 2.75) is 58.9 Å². The van der Waals surface area contributed by atoms with Crippen LogP contribution in [0.1, 0.15) is 62.7 Å². The third-order valence-corrected chi connectivity index (χ3v) is 6.54. The first-order valence-corrected chi connectivity index (χ1v) is 13.1. The van der Waals surface area contributed by atoms with Gasteiger partial charge in [-0.3, -0.25) is 9.20 Å². The summed E-state index contributed by atoms with van der Waals surface area (Å²) in [6.07, 6.45) is 8.85. The molecule has 2 aromatic carbocycles. The van der Waals surface area contributed by atoms with Crippen molar-refractivity contribution in [2.75, 3.05) is 6.61 Å². The molecule has 2 heterocycles. The minimum atomic E-state index is -0.345. The minimum Gasteiger partial charge on any atom is -0.462 e. The Morgan fingerprint density at radius 2 is 1.58 bits per heavy atom. The van der Waals surface area contributed by atoms with Crippen LogP contribution < -0.4 is 5.56 Å². The number of carbonyl (C=O) groups is 1. The molecule has 0 aliphatic rings. The molecule has 0 spiro atoms. The van der Waals surface area contributed by atoms with Crippen LogP contribution in [0.25, 0.3) is 28.3 Å². The summed E-state index contributed by atoms with van der Waals surface area (Å²) in [5.41, 5.74) is 3.61. The Morgan fingerprint density at radius 1 is 0.917 bits per heavy atom. The van der Waals surface area contributed by atoms with Crippen LogP contribution in [-0.4, -0.2) is 26.5 Å². The molecule has 4 aromatic rings. The molecule has 0 atom stereocenters. The fourth-order valence-electron chi connectivity index (χ4n) is 4.35. The Morgan fingerprint density at radius 3 is 2.28 bits per heavy atom. The van der Waals surface area contributed by atoms with Gasteiger partial charge in [0, 0.05) is 29.4 Å². The average Bonchev–Trinajstić information content (AvgIpc) is 3.26. The number of imidazole rings is 1. The summed E-state index contributed by atoms with van der Waals surface area (Å²) in [6, 6.07) is 16.2. The standard InChI is InChI=1S/C29H32ClN3O3/c1-3-5-6-7-8-9-18-32-26(22-10-12-23(13-11-22)28(35)36-4-2)20-33-27(34)19-25(31-29(32)33)21-14-16-24(30)17-15-21/h10-17,19-20H,3-9,18H2,1-2H3. The van der Waals surface area contributed by atoms with E-state index >= 15 is 0 Å². The third kappa shape index (κ3) is 5.88. The minimum absolute atomic E-state index is 0.143. The molecule has 0 saturated carbocycles. The van der Waals surface area contributed by atoms with Gasteiger partial charge in [0.1, 0.15) is 0 Å². The fraction of sp³-hybridized carbons (Fsp3) is 0.345. The van der Waals surface area contributed by atoms with E-state index in [0.717, 1.165) is 36.2 Å². The molecule has 0 aliphatic carbocycles. The topological polar surface area (TPSA) is 65.6 Å². The monoisotopic (exact) mass is 505 g/mol. The van der Waals surface area contributed by atoms with E-state index in [1.54, 1.807) is 41.7 Å². The number of benzene rings is 2. The lowest BCUT2D eigenvalue weighted by Crippen LogP contribution is -2.14. The summed E-state index contributed by atoms with van der Waals surface area (Å²) in [7, 11) is 0. The quantitative estimate of drug-likeness (QED) is 0.162. The molecule has 188 valence electrons. The van der Waals surface area contributed by atoms with Crippen LogP contribution in [0.3, 0.4) is 0 Å². The van der Waals surface area contributed by atoms with E-state index in [0.29, 0.717) is 28.7 Å². The highest BCUT2D eigenvalue weighted by Gasteiger charge is 2.16. The number of aromatic nitrogens is 3. The molecular weight excluding hydrogens is 474 g/mol. The van der Waals surface area contributed by atoms with Crippen molar-refractivity contribution in [3.8, 4) is 22.5 Å². The van der Waals surface area contributed by atoms with Crippen LogP contribution in [0.4, 0.5) is 0 Å². The molecule has 2 aromatic heterocycles. The fourth-order valence-corrected chi connectivity index (χ4v) is 4.48. The SMILES string of the molecule is CCCCCCCCn1c(-c2ccc(C(=O)OCC)cc2)cn2c(=O)cc(-c3ccc(Cl)cc3)nc12. The maximum Gasteiger partial charge on any atom is 0.338 e. The number of rotatable bonds is 11. The summed E-state index contributed by atoms with van der Waals surface area (Å²) < 4.78 is 8.82. The van der Waals surface area contributed by atoms with E-state index < -0.39 is 0 Å². The number of carbonyl (C=O) groups excluding carboxylic acids is 1. The first kappa shape index (κ1) is 25.7. The molecule has 0 bridgehead atoms. The number of unbranched alkanes of at least 4 members (excludes halogenated alkanes) is 5. The first-order chi connectivity index (χ1) is 17.5. The van der Waals surface area contributed by atoms with Crippen molar-refractivity contribution in [3.63, 3.8) is 0 Å². The Bertz CT molecular complexity index is 1370. The highest BCUT2D eigenvalue weighted by atomic mass is 35.5. The predicted octanol–water partition coefficient (Wildman–Crippen LogP) is 7.02. The summed E-state index contributed by atoms with van der Waals surface area (Å²) in [5.74, 6) is 0.257. The molecule has 0 N–H and O–H groups in total. The van der Waals surface area contributed by atoms with Gasteiger partial charge in [-0.05, 0) is 43.2 Å². The van der Waals surface area contributed by atoms with Crippen LogP contribution in [-0.2, 0) is 11.3 Å². The van der Waals surface area contributed by atoms with Crippen molar-refractivity contribution in [1.29, 1.82) is 0 Å². The molecule has 7 heteroatoms. The molecule has 0 amide bonds. The van der Waals surface area contributed by atoms with Gasteiger partial charge in [0.05, 0.1) is 23.6 Å². The van der Waals surface area contributed by atoms with Crippen molar-refractivity contribution in [3.05, 3.63) is 81.7 Å². The summed E-state index contributed by atoms with van der Waals surface area (Å²) >= 11 is 6.05. The highest BCUT2D eigenvalue weighted by molar-refractivity contribution is 6.30. The number of fused-ring (bicyclic) bond motifs is 1. The van der Waals surface area contributed by atoms with E-state index in [1.165, 1.54) is 25.7 Å². The molecule has 0 fully saturated rings. The Hall–Kier alpha value is -3.38. The van der Waals surface area contributed by atoms with Gasteiger partial charge in [-0.1, -0.05) is 74.9 Å². The average molecular weight is 506 g/mol. The van der Waals surface area contributed by atoms with Gasteiger partial charge >= 0.3 is 5.97 Å². The summed E-state index contributed by atoms with van der Waals surface area (Å²) in [5, 5.41) is 0.636. The number of nitrogens with zero attached hydrogens (tertiary/aromatic N) is 3. The van der Waals surface area contributed by atoms with E-state index in [9.17, 15) is 9.59 Å². The Kier molecular flexibility index (Phi) is 8.60. The third-order valence-electron chi connectivity index (χ3n) is 6.28. The molecule has 6 nitrogen and oxygen atoms in total. The van der Waals surface area contributed by atoms with Crippen LogP contribution in [0.5, 0.6) is 0 Å². The number of halogens is 1. The summed E-state index contributed by atoms with van der Waals surface area (Å²) in [6.45, 7) is 5.08. The van der Waals surface area contributed by atoms with Crippen LogP contribution in [0, 0.1) is 0 Å². The maximum atomic E-state index is 13.1. The van der Waals surface area contributed by atoms with E-state index in [4.69, 9.17) is 21.3 Å². The van der Waals surface area contributed by atoms with Gasteiger partial charge in [-0.15, -0.1) is 0 Å². The van der Waals surface area contributed by atoms with Crippen LogP contribution in [0.2, 0.25) is 5.02 Å². The number of hydrogen-bond donors (Lipinski definition) is 0. The van der Waals surface area contributed by atoms with E-state index in [-0.39, 0.29) is 11.5 Å². The predicted molar refractivity (Wildman–Crippen MR) is 145 cm³/mol. The second kappa shape index (κ2) is 12.0. The van der Waals surface area contributed by atoms with E-state index in [1.807, 2.05) is 30.5 Å². The number of hydrogen-bond acceptors (Lipinski definition) is 4. The molecule has 0 saturated heterocycles. The largest absolute Gasteiger partial charge is 0.462 e. The van der Waals surface area contributed by atoms with Crippen molar-refractivity contribution < 1.29 is 9.53 Å². The molecular formula is C29H32ClN3O3. The lowest BCUT2D eigenvalue weighted by molar-refractivity contribution is 0.0526. The van der Waals surface area contributed by atoms with Crippen molar-refractivity contribution in [2.24, 2.45) is 0 Å². The Labute approximate surface area is 216 Å². The number of ether oxygens (including phenoxy) is 1.